The monoisotopic (exact) mass is 208 g/mol. The molecule has 1 aromatic rings. The second kappa shape index (κ2) is 3.98. The Morgan fingerprint density at radius 3 is 2.93 bits per heavy atom. The molecule has 1 N–H and O–H groups in total. The van der Waals surface area contributed by atoms with Crippen molar-refractivity contribution in [3.8, 4) is 0 Å². The SMILES string of the molecule is CNC1CCN(c2cccc(F)c2)C1=O. The molecule has 1 fully saturated rings. The second-order valence-corrected chi connectivity index (χ2v) is 3.60. The zero-order chi connectivity index (χ0) is 10.8. The Hall–Kier alpha value is -1.42. The molecule has 0 aromatic heterocycles. The van der Waals surface area contributed by atoms with Crippen LogP contribution in [0, 0.1) is 5.82 Å². The molecule has 1 atom stereocenters. The van der Waals surface area contributed by atoms with Gasteiger partial charge in [0.2, 0.25) is 5.91 Å². The van der Waals surface area contributed by atoms with Crippen LogP contribution in [-0.4, -0.2) is 25.5 Å². The number of hydrogen-bond acceptors (Lipinski definition) is 2. The quantitative estimate of drug-likeness (QED) is 0.790. The summed E-state index contributed by atoms with van der Waals surface area (Å²) in [5.41, 5.74) is 0.637. The molecule has 1 aliphatic heterocycles. The van der Waals surface area contributed by atoms with E-state index in [1.807, 2.05) is 0 Å². The van der Waals surface area contributed by atoms with Gasteiger partial charge in [0.25, 0.3) is 0 Å². The van der Waals surface area contributed by atoms with Crippen molar-refractivity contribution in [2.24, 2.45) is 0 Å². The van der Waals surface area contributed by atoms with E-state index in [4.69, 9.17) is 0 Å². The summed E-state index contributed by atoms with van der Waals surface area (Å²) in [6, 6.07) is 5.99. The van der Waals surface area contributed by atoms with Crippen LogP contribution in [0.15, 0.2) is 24.3 Å². The van der Waals surface area contributed by atoms with Crippen LogP contribution in [0.25, 0.3) is 0 Å². The Bertz CT molecular complexity index is 381. The van der Waals surface area contributed by atoms with Crippen molar-refractivity contribution >= 4 is 11.6 Å². The first kappa shape index (κ1) is 10.1. The van der Waals surface area contributed by atoms with Crippen LogP contribution in [0.4, 0.5) is 10.1 Å². The fraction of sp³-hybridized carbons (Fsp3) is 0.364. The average Bonchev–Trinajstić information content (AvgIpc) is 2.59. The van der Waals surface area contributed by atoms with Crippen LogP contribution in [0.5, 0.6) is 0 Å². The van der Waals surface area contributed by atoms with E-state index < -0.39 is 0 Å². The van der Waals surface area contributed by atoms with Gasteiger partial charge in [0.15, 0.2) is 0 Å². The highest BCUT2D eigenvalue weighted by molar-refractivity contribution is 5.99. The van der Waals surface area contributed by atoms with Gasteiger partial charge in [0.1, 0.15) is 5.82 Å². The van der Waals surface area contributed by atoms with E-state index in [0.717, 1.165) is 6.42 Å². The van der Waals surface area contributed by atoms with E-state index in [1.165, 1.54) is 12.1 Å². The van der Waals surface area contributed by atoms with Gasteiger partial charge in [-0.15, -0.1) is 0 Å². The Balaban J connectivity index is 2.22. The minimum Gasteiger partial charge on any atom is -0.311 e. The Labute approximate surface area is 87.9 Å². The maximum absolute atomic E-state index is 13.0. The largest absolute Gasteiger partial charge is 0.311 e. The highest BCUT2D eigenvalue weighted by Crippen LogP contribution is 2.21. The summed E-state index contributed by atoms with van der Waals surface area (Å²) in [7, 11) is 1.76. The third-order valence-electron chi connectivity index (χ3n) is 2.67. The molecule has 1 amide bonds. The maximum Gasteiger partial charge on any atom is 0.244 e. The first-order valence-corrected chi connectivity index (χ1v) is 4.96. The lowest BCUT2D eigenvalue weighted by Crippen LogP contribution is -2.36. The number of carbonyl (C=O) groups is 1. The van der Waals surface area contributed by atoms with Crippen molar-refractivity contribution < 1.29 is 9.18 Å². The van der Waals surface area contributed by atoms with Crippen LogP contribution in [0.1, 0.15) is 6.42 Å². The number of amides is 1. The standard InChI is InChI=1S/C11H13FN2O/c1-13-10-5-6-14(11(10)15)9-4-2-3-8(12)7-9/h2-4,7,10,13H,5-6H2,1H3. The third-order valence-corrected chi connectivity index (χ3v) is 2.67. The minimum atomic E-state index is -0.312. The van der Waals surface area contributed by atoms with Gasteiger partial charge in [-0.05, 0) is 31.7 Å². The van der Waals surface area contributed by atoms with E-state index in [0.29, 0.717) is 12.2 Å². The van der Waals surface area contributed by atoms with Crippen LogP contribution in [0.2, 0.25) is 0 Å². The molecule has 2 rings (SSSR count). The number of nitrogens with one attached hydrogen (secondary N) is 1. The highest BCUT2D eigenvalue weighted by atomic mass is 19.1. The summed E-state index contributed by atoms with van der Waals surface area (Å²) in [5, 5.41) is 2.94. The number of nitrogens with zero attached hydrogens (tertiary/aromatic N) is 1. The molecule has 1 aromatic carbocycles. The average molecular weight is 208 g/mol. The van der Waals surface area contributed by atoms with Crippen LogP contribution < -0.4 is 10.2 Å². The van der Waals surface area contributed by atoms with Crippen molar-refractivity contribution in [2.45, 2.75) is 12.5 Å². The lowest BCUT2D eigenvalue weighted by Gasteiger charge is -2.16. The Morgan fingerprint density at radius 2 is 2.33 bits per heavy atom. The lowest BCUT2D eigenvalue weighted by atomic mass is 10.2. The normalized spacial score (nSPS) is 21.1. The van der Waals surface area contributed by atoms with Crippen molar-refractivity contribution in [3.05, 3.63) is 30.1 Å². The lowest BCUT2D eigenvalue weighted by molar-refractivity contribution is -0.118. The number of anilines is 1. The molecule has 80 valence electrons. The van der Waals surface area contributed by atoms with E-state index >= 15 is 0 Å². The summed E-state index contributed by atoms with van der Waals surface area (Å²) in [5.74, 6) is -0.295. The number of hydrogen-bond donors (Lipinski definition) is 1. The molecule has 15 heavy (non-hydrogen) atoms. The van der Waals surface area contributed by atoms with Gasteiger partial charge >= 0.3 is 0 Å². The number of carbonyl (C=O) groups excluding carboxylic acids is 1. The number of benzene rings is 1. The smallest absolute Gasteiger partial charge is 0.244 e. The van der Waals surface area contributed by atoms with Gasteiger partial charge < -0.3 is 10.2 Å². The summed E-state index contributed by atoms with van der Waals surface area (Å²) in [6.07, 6.45) is 0.770. The summed E-state index contributed by atoms with van der Waals surface area (Å²) in [4.78, 5) is 13.4. The van der Waals surface area contributed by atoms with Gasteiger partial charge in [-0.3, -0.25) is 4.79 Å². The van der Waals surface area contributed by atoms with Gasteiger partial charge in [-0.2, -0.15) is 0 Å². The number of halogens is 1. The topological polar surface area (TPSA) is 32.3 Å². The third kappa shape index (κ3) is 1.85. The highest BCUT2D eigenvalue weighted by Gasteiger charge is 2.31. The van der Waals surface area contributed by atoms with Crippen LogP contribution in [-0.2, 0) is 4.79 Å². The molecule has 0 spiro atoms. The van der Waals surface area contributed by atoms with Crippen molar-refractivity contribution in [2.75, 3.05) is 18.5 Å². The van der Waals surface area contributed by atoms with Gasteiger partial charge in [0, 0.05) is 12.2 Å². The van der Waals surface area contributed by atoms with Crippen molar-refractivity contribution in [1.82, 2.24) is 5.32 Å². The molecule has 1 unspecified atom stereocenters. The molecule has 4 heteroatoms. The van der Waals surface area contributed by atoms with Crippen molar-refractivity contribution in [1.29, 1.82) is 0 Å². The fourth-order valence-electron chi connectivity index (χ4n) is 1.85. The Morgan fingerprint density at radius 1 is 1.53 bits per heavy atom. The molecule has 1 aliphatic rings. The maximum atomic E-state index is 13.0. The molecule has 0 radical (unpaired) electrons. The molecular formula is C11H13FN2O. The zero-order valence-corrected chi connectivity index (χ0v) is 8.53. The van der Waals surface area contributed by atoms with E-state index in [2.05, 4.69) is 5.32 Å². The predicted octanol–water partition coefficient (Wildman–Crippen LogP) is 1.15. The van der Waals surface area contributed by atoms with Crippen molar-refractivity contribution in [3.63, 3.8) is 0 Å². The zero-order valence-electron chi connectivity index (χ0n) is 8.53. The Kier molecular flexibility index (Phi) is 2.68. The summed E-state index contributed by atoms with van der Waals surface area (Å²) in [6.45, 7) is 0.647. The predicted molar refractivity (Wildman–Crippen MR) is 56.2 cm³/mol. The first-order valence-electron chi connectivity index (χ1n) is 4.96. The van der Waals surface area contributed by atoms with Gasteiger partial charge in [-0.1, -0.05) is 6.07 Å². The minimum absolute atomic E-state index is 0.0168. The van der Waals surface area contributed by atoms with Gasteiger partial charge in [-0.25, -0.2) is 4.39 Å². The first-order chi connectivity index (χ1) is 7.22. The summed E-state index contributed by atoms with van der Waals surface area (Å²) < 4.78 is 13.0. The van der Waals surface area contributed by atoms with Crippen LogP contribution in [0.3, 0.4) is 0 Å². The number of rotatable bonds is 2. The fourth-order valence-corrected chi connectivity index (χ4v) is 1.85. The van der Waals surface area contributed by atoms with Gasteiger partial charge in [0.05, 0.1) is 6.04 Å². The molecule has 0 saturated carbocycles. The molecular weight excluding hydrogens is 195 g/mol. The molecule has 0 aliphatic carbocycles. The molecule has 1 saturated heterocycles. The molecule has 1 heterocycles. The van der Waals surface area contributed by atoms with E-state index in [1.54, 1.807) is 24.1 Å². The van der Waals surface area contributed by atoms with E-state index in [9.17, 15) is 9.18 Å². The molecule has 3 nitrogen and oxygen atoms in total. The summed E-state index contributed by atoms with van der Waals surface area (Å²) >= 11 is 0. The molecule has 0 bridgehead atoms. The number of likely N-dealkylation sites (N-methyl/N-ethyl adjacent to an activating group) is 1. The second-order valence-electron chi connectivity index (χ2n) is 3.60. The van der Waals surface area contributed by atoms with E-state index in [-0.39, 0.29) is 17.8 Å². The van der Waals surface area contributed by atoms with Crippen LogP contribution >= 0.6 is 0 Å².